The molecule has 2 atom stereocenters. The molecule has 0 aliphatic heterocycles. The van der Waals surface area contributed by atoms with E-state index in [1.165, 1.54) is 13.0 Å². The van der Waals surface area contributed by atoms with Crippen LogP contribution in [-0.2, 0) is 16.2 Å². The number of nitrogens with zero attached hydrogens (tertiary/aromatic N) is 2. The minimum atomic E-state index is -4.63. The number of oxime groups is 1. The van der Waals surface area contributed by atoms with Gasteiger partial charge in [-0.05, 0) is 80.0 Å². The molecule has 60 heavy (non-hydrogen) atoms. The van der Waals surface area contributed by atoms with Crippen molar-refractivity contribution in [2.45, 2.75) is 99.0 Å². The number of ether oxygens (including phenoxy) is 2. The van der Waals surface area contributed by atoms with Gasteiger partial charge in [-0.15, -0.1) is 9.24 Å². The van der Waals surface area contributed by atoms with Gasteiger partial charge in [0.25, 0.3) is 0 Å². The lowest BCUT2D eigenvalue weighted by molar-refractivity contribution is -0.153. The Morgan fingerprint density at radius 2 is 1.52 bits per heavy atom. The van der Waals surface area contributed by atoms with Gasteiger partial charge in [-0.2, -0.15) is 13.2 Å². The van der Waals surface area contributed by atoms with Gasteiger partial charge in [0.1, 0.15) is 17.2 Å². The van der Waals surface area contributed by atoms with Crippen molar-refractivity contribution in [3.05, 3.63) is 118 Å². The van der Waals surface area contributed by atoms with Gasteiger partial charge in [0.2, 0.25) is 0 Å². The molecule has 0 aliphatic rings. The summed E-state index contributed by atoms with van der Waals surface area (Å²) >= 11 is 0. The number of carbonyl (C=O) groups excluding carboxylic acids is 2. The van der Waals surface area contributed by atoms with Crippen LogP contribution in [0.5, 0.6) is 11.5 Å². The summed E-state index contributed by atoms with van der Waals surface area (Å²) in [5, 5.41) is 7.36. The number of hydrogen-bond acceptors (Lipinski definition) is 6. The number of carbonyl (C=O) groups is 2. The Bertz CT molecular complexity index is 2580. The van der Waals surface area contributed by atoms with E-state index in [0.29, 0.717) is 28.4 Å². The molecule has 1 heterocycles. The summed E-state index contributed by atoms with van der Waals surface area (Å²) in [5.74, 6) is -0.254. The number of aromatic nitrogens is 1. The maximum absolute atomic E-state index is 14.8. The highest BCUT2D eigenvalue weighted by Crippen LogP contribution is 2.40. The predicted octanol–water partition coefficient (Wildman–Crippen LogP) is 12.6. The molecule has 5 aromatic carbocycles. The van der Waals surface area contributed by atoms with Gasteiger partial charge in [-0.25, -0.2) is 4.79 Å². The third-order valence-electron chi connectivity index (χ3n) is 10.7. The van der Waals surface area contributed by atoms with Crippen LogP contribution in [-0.4, -0.2) is 46.6 Å². The molecule has 1 aromatic heterocycles. The van der Waals surface area contributed by atoms with Crippen molar-refractivity contribution in [3.8, 4) is 11.5 Å². The predicted molar refractivity (Wildman–Crippen MR) is 239 cm³/mol. The average molecular weight is 839 g/mol. The molecule has 0 spiro atoms. The Balaban J connectivity index is 1.64. The van der Waals surface area contributed by atoms with Crippen LogP contribution < -0.4 is 9.47 Å². The highest BCUT2D eigenvalue weighted by Gasteiger charge is 2.30. The number of alkyl halides is 3. The maximum atomic E-state index is 14.8. The molecule has 0 saturated carbocycles. The largest absolute Gasteiger partial charge is 0.493 e. The zero-order valence-electron chi connectivity index (χ0n) is 35.7. The summed E-state index contributed by atoms with van der Waals surface area (Å²) in [7, 11) is 2.67. The molecule has 0 fully saturated rings. The van der Waals surface area contributed by atoms with Gasteiger partial charge in [-0.1, -0.05) is 100 Å². The van der Waals surface area contributed by atoms with Crippen molar-refractivity contribution in [1.29, 1.82) is 0 Å². The molecule has 0 amide bonds. The summed E-state index contributed by atoms with van der Waals surface area (Å²) < 4.78 is 54.7. The number of fused-ring (bicyclic) bond motifs is 5. The molecule has 316 valence electrons. The van der Waals surface area contributed by atoms with E-state index >= 15 is 0 Å². The van der Waals surface area contributed by atoms with Gasteiger partial charge >= 0.3 is 12.1 Å². The van der Waals surface area contributed by atoms with Gasteiger partial charge < -0.3 is 18.9 Å². The summed E-state index contributed by atoms with van der Waals surface area (Å²) in [6, 6.07) is 24.3. The first-order valence-electron chi connectivity index (χ1n) is 20.5. The van der Waals surface area contributed by atoms with Crippen molar-refractivity contribution in [2.24, 2.45) is 11.1 Å². The summed E-state index contributed by atoms with van der Waals surface area (Å²) in [5.41, 5.74) is 6.72. The Labute approximate surface area is 352 Å². The van der Waals surface area contributed by atoms with E-state index in [2.05, 4.69) is 38.9 Å². The molecule has 6 rings (SSSR count). The SMILES string of the molecule is CCCCC(CC)Cn1c2ccc(/C(=N\OC(C)=O)c3ccc(OCC(C)(C)P)cc3OCC(F)(F)F)cc2c2cc(C(=O)c3c(C)cc(C)cc3C)c3ccccc3c21. The first kappa shape index (κ1) is 44.3. The molecule has 0 N–H and O–H groups in total. The molecule has 11 heteroatoms. The van der Waals surface area contributed by atoms with Crippen molar-refractivity contribution in [2.75, 3.05) is 13.2 Å². The minimum Gasteiger partial charge on any atom is -0.493 e. The van der Waals surface area contributed by atoms with Crippen LogP contribution in [0.4, 0.5) is 13.2 Å². The molecule has 0 bridgehead atoms. The standard InChI is InChI=1S/C49H54F3N2O5P/c1-9-11-14-33(10-2)26-54-42-20-17-34(45(53-59-32(6)55)38-19-18-35(57-27-48(7,8)60)24-43(38)58-28-49(50,51)52)23-39(42)40-25-41(36-15-12-13-16-37(36)46(40)54)47(56)44-30(4)21-29(3)22-31(44)5/h12-13,15-25,33H,9-11,14,26-28,60H2,1-8H3/b53-45+. The van der Waals surface area contributed by atoms with Gasteiger partial charge in [0.05, 0.1) is 12.1 Å². The second-order valence-corrected chi connectivity index (χ2v) is 18.2. The average Bonchev–Trinajstić information content (AvgIpc) is 3.49. The van der Waals surface area contributed by atoms with E-state index in [0.717, 1.165) is 81.5 Å². The monoisotopic (exact) mass is 838 g/mol. The number of benzene rings is 5. The Morgan fingerprint density at radius 3 is 2.15 bits per heavy atom. The molecule has 6 aromatic rings. The summed E-state index contributed by atoms with van der Waals surface area (Å²) in [6.45, 7) is 14.9. The quantitative estimate of drug-likeness (QED) is 0.0319. The molecule has 0 radical (unpaired) electrons. The van der Waals surface area contributed by atoms with E-state index in [4.69, 9.17) is 14.3 Å². The van der Waals surface area contributed by atoms with Crippen molar-refractivity contribution < 1.29 is 37.1 Å². The topological polar surface area (TPSA) is 79.1 Å². The van der Waals surface area contributed by atoms with Crippen LogP contribution >= 0.6 is 9.24 Å². The van der Waals surface area contributed by atoms with Gasteiger partial charge in [-0.3, -0.25) is 4.79 Å². The van der Waals surface area contributed by atoms with E-state index < -0.39 is 18.8 Å². The minimum absolute atomic E-state index is 0.0783. The fourth-order valence-corrected chi connectivity index (χ4v) is 8.12. The summed E-state index contributed by atoms with van der Waals surface area (Å²) in [4.78, 5) is 32.2. The number of hydrogen-bond donors (Lipinski definition) is 0. The Hall–Kier alpha value is -5.21. The van der Waals surface area contributed by atoms with Crippen LogP contribution in [0.1, 0.15) is 104 Å². The highest BCUT2D eigenvalue weighted by molar-refractivity contribution is 7.18. The number of ketones is 1. The van der Waals surface area contributed by atoms with Crippen LogP contribution in [0.25, 0.3) is 32.6 Å². The van der Waals surface area contributed by atoms with Crippen LogP contribution in [0.3, 0.4) is 0 Å². The first-order valence-corrected chi connectivity index (χ1v) is 21.1. The van der Waals surface area contributed by atoms with E-state index in [9.17, 15) is 22.8 Å². The molecule has 0 saturated heterocycles. The summed E-state index contributed by atoms with van der Waals surface area (Å²) in [6.07, 6.45) is -0.413. The third kappa shape index (κ3) is 10.0. The normalized spacial score (nSPS) is 13.0. The molecule has 0 aliphatic carbocycles. The molecular weight excluding hydrogens is 785 g/mol. The van der Waals surface area contributed by atoms with E-state index in [1.54, 1.807) is 12.1 Å². The zero-order chi connectivity index (χ0) is 43.5. The van der Waals surface area contributed by atoms with Crippen LogP contribution in [0, 0.1) is 26.7 Å². The van der Waals surface area contributed by atoms with Crippen molar-refractivity contribution in [3.63, 3.8) is 0 Å². The Morgan fingerprint density at radius 1 is 0.817 bits per heavy atom. The van der Waals surface area contributed by atoms with Crippen LogP contribution in [0.2, 0.25) is 0 Å². The number of halogens is 3. The highest BCUT2D eigenvalue weighted by atomic mass is 31.0. The lowest BCUT2D eigenvalue weighted by Crippen LogP contribution is -2.22. The second-order valence-electron chi connectivity index (χ2n) is 16.6. The lowest BCUT2D eigenvalue weighted by atomic mass is 9.89. The fraction of sp³-hybridized carbons (Fsp3) is 0.367. The molecule has 7 nitrogen and oxygen atoms in total. The smallest absolute Gasteiger partial charge is 0.422 e. The second kappa shape index (κ2) is 18.2. The Kier molecular flexibility index (Phi) is 13.4. The van der Waals surface area contributed by atoms with Crippen LogP contribution in [0.15, 0.2) is 84.0 Å². The van der Waals surface area contributed by atoms with Gasteiger partial charge in [0, 0.05) is 68.6 Å². The fourth-order valence-electron chi connectivity index (χ4n) is 8.04. The maximum Gasteiger partial charge on any atom is 0.422 e. The number of aryl methyl sites for hydroxylation is 3. The van der Waals surface area contributed by atoms with Gasteiger partial charge in [0.15, 0.2) is 12.4 Å². The van der Waals surface area contributed by atoms with E-state index in [-0.39, 0.29) is 34.6 Å². The first-order chi connectivity index (χ1) is 28.4. The third-order valence-corrected chi connectivity index (χ3v) is 10.9. The van der Waals surface area contributed by atoms with E-state index in [1.807, 2.05) is 89.2 Å². The van der Waals surface area contributed by atoms with Crippen molar-refractivity contribution >= 4 is 59.3 Å². The lowest BCUT2D eigenvalue weighted by Gasteiger charge is -2.20. The van der Waals surface area contributed by atoms with Crippen molar-refractivity contribution in [1.82, 2.24) is 4.57 Å². The number of rotatable bonds is 16. The number of unbranched alkanes of at least 4 members (excludes halogenated alkanes) is 1. The zero-order valence-corrected chi connectivity index (χ0v) is 36.8. The molecular formula is C49H54F3N2O5P. The molecule has 2 unspecified atom stereocenters.